The average molecular weight is 495 g/mol. The third-order valence-corrected chi connectivity index (χ3v) is 8.92. The summed E-state index contributed by atoms with van der Waals surface area (Å²) >= 11 is 6.90. The van der Waals surface area contributed by atoms with Gasteiger partial charge in [0.1, 0.15) is 20.6 Å². The first kappa shape index (κ1) is 21.5. The molecule has 2 amide bonds. The highest BCUT2D eigenvalue weighted by atomic mass is 32.2. The van der Waals surface area contributed by atoms with Gasteiger partial charge in [-0.3, -0.25) is 24.4 Å². The molecule has 0 bridgehead atoms. The second kappa shape index (κ2) is 7.46. The van der Waals surface area contributed by atoms with Gasteiger partial charge in [-0.1, -0.05) is 30.0 Å². The zero-order valence-corrected chi connectivity index (χ0v) is 19.7. The second-order valence-corrected chi connectivity index (χ2v) is 10.5. The zero-order chi connectivity index (χ0) is 23.7. The highest BCUT2D eigenvalue weighted by molar-refractivity contribution is 8.25. The Morgan fingerprint density at radius 3 is 2.85 bits per heavy atom. The number of likely N-dealkylation sites (N-methyl/N-ethyl adjacent to an activating group) is 1. The number of aromatic nitrogens is 1. The summed E-state index contributed by atoms with van der Waals surface area (Å²) < 4.78 is 19.0. The highest BCUT2D eigenvalue weighted by Crippen LogP contribution is 2.65. The summed E-state index contributed by atoms with van der Waals surface area (Å²) in [5.74, 6) is -1.07. The van der Waals surface area contributed by atoms with Gasteiger partial charge in [-0.25, -0.2) is 4.39 Å². The number of rotatable bonds is 3. The number of halogens is 1. The number of carbonyl (C=O) groups is 2. The van der Waals surface area contributed by atoms with Crippen molar-refractivity contribution in [3.05, 3.63) is 83.8 Å². The smallest absolute Gasteiger partial charge is 0.251 e. The van der Waals surface area contributed by atoms with Gasteiger partial charge in [0.05, 0.1) is 12.8 Å². The minimum atomic E-state index is -1.48. The van der Waals surface area contributed by atoms with Crippen LogP contribution in [0.3, 0.4) is 0 Å². The van der Waals surface area contributed by atoms with Gasteiger partial charge in [0.25, 0.3) is 5.91 Å². The van der Waals surface area contributed by atoms with Crippen LogP contribution in [0.15, 0.2) is 65.4 Å². The van der Waals surface area contributed by atoms with Crippen LogP contribution >= 0.6 is 24.0 Å². The lowest BCUT2D eigenvalue weighted by Gasteiger charge is -2.41. The van der Waals surface area contributed by atoms with E-state index in [-0.39, 0.29) is 18.4 Å². The van der Waals surface area contributed by atoms with Crippen molar-refractivity contribution in [1.82, 2.24) is 14.8 Å². The number of nitrogens with one attached hydrogen (secondary N) is 1. The Bertz CT molecular complexity index is 1340. The van der Waals surface area contributed by atoms with E-state index >= 15 is 0 Å². The molecule has 2 spiro atoms. The van der Waals surface area contributed by atoms with E-state index in [1.165, 1.54) is 41.1 Å². The Kier molecular flexibility index (Phi) is 4.71. The first-order valence-electron chi connectivity index (χ1n) is 10.7. The topological polar surface area (TPSA) is 78.7 Å². The number of likely N-dealkylation sites (tertiary alicyclic amines) is 1. The van der Waals surface area contributed by atoms with Crippen LogP contribution in [-0.2, 0) is 21.7 Å². The van der Waals surface area contributed by atoms with Crippen molar-refractivity contribution in [1.29, 1.82) is 0 Å². The Morgan fingerprint density at radius 1 is 1.26 bits per heavy atom. The van der Waals surface area contributed by atoms with Gasteiger partial charge < -0.3 is 9.73 Å². The number of furan rings is 1. The van der Waals surface area contributed by atoms with Crippen LogP contribution in [0, 0.1) is 5.82 Å². The fourth-order valence-corrected chi connectivity index (χ4v) is 7.75. The van der Waals surface area contributed by atoms with Crippen LogP contribution in [0.2, 0.25) is 0 Å². The molecule has 5 heterocycles. The van der Waals surface area contributed by atoms with Crippen LogP contribution in [0.25, 0.3) is 0 Å². The molecule has 6 rings (SSSR count). The Balaban J connectivity index is 1.60. The van der Waals surface area contributed by atoms with E-state index in [1.807, 2.05) is 17.0 Å². The van der Waals surface area contributed by atoms with Gasteiger partial charge in [-0.15, -0.1) is 0 Å². The molecular weight excluding hydrogens is 475 g/mol. The molecule has 34 heavy (non-hydrogen) atoms. The lowest BCUT2D eigenvalue weighted by atomic mass is 9.73. The van der Waals surface area contributed by atoms with E-state index in [4.69, 9.17) is 16.6 Å². The van der Waals surface area contributed by atoms with Gasteiger partial charge in [-0.05, 0) is 49.5 Å². The Labute approximate surface area is 204 Å². The van der Waals surface area contributed by atoms with E-state index in [0.29, 0.717) is 33.6 Å². The largest absolute Gasteiger partial charge is 0.467 e. The number of hydrogen-bond acceptors (Lipinski definition) is 7. The first-order chi connectivity index (χ1) is 16.4. The summed E-state index contributed by atoms with van der Waals surface area (Å²) in [6.45, 7) is 0.502. The van der Waals surface area contributed by atoms with Gasteiger partial charge in [-0.2, -0.15) is 0 Å². The normalized spacial score (nSPS) is 28.4. The highest BCUT2D eigenvalue weighted by Gasteiger charge is 2.78. The molecule has 0 aliphatic carbocycles. The average Bonchev–Trinajstić information content (AvgIpc) is 3.56. The number of nitrogens with zero attached hydrogens (tertiary/aromatic N) is 3. The molecule has 10 heteroatoms. The fraction of sp³-hybridized carbons (Fsp3) is 0.250. The SMILES string of the molecule is CN1C[C@@H](c2ccccn2)[C@@]2(SC(=S)N(Cc3ccco3)C2=O)[C@]12C(=O)Nc1ccc(F)cc12. The number of fused-ring (bicyclic) bond motifs is 3. The number of carbonyl (C=O) groups excluding carboxylic acids is 2. The van der Waals surface area contributed by atoms with Crippen LogP contribution in [0.4, 0.5) is 10.1 Å². The monoisotopic (exact) mass is 494 g/mol. The maximum absolute atomic E-state index is 14.5. The van der Waals surface area contributed by atoms with Crippen molar-refractivity contribution in [2.24, 2.45) is 0 Å². The lowest BCUT2D eigenvalue weighted by Crippen LogP contribution is -2.61. The van der Waals surface area contributed by atoms with Crippen molar-refractivity contribution in [3.63, 3.8) is 0 Å². The molecule has 172 valence electrons. The van der Waals surface area contributed by atoms with E-state index < -0.39 is 22.0 Å². The summed E-state index contributed by atoms with van der Waals surface area (Å²) in [6, 6.07) is 13.2. The van der Waals surface area contributed by atoms with Crippen LogP contribution in [0.1, 0.15) is 22.9 Å². The molecule has 2 aromatic heterocycles. The predicted octanol–water partition coefficient (Wildman–Crippen LogP) is 3.49. The summed E-state index contributed by atoms with van der Waals surface area (Å²) in [4.78, 5) is 36.2. The summed E-state index contributed by atoms with van der Waals surface area (Å²) in [6.07, 6.45) is 3.20. The number of hydrogen-bond donors (Lipinski definition) is 1. The van der Waals surface area contributed by atoms with Crippen molar-refractivity contribution in [3.8, 4) is 0 Å². The van der Waals surface area contributed by atoms with Gasteiger partial charge >= 0.3 is 0 Å². The minimum Gasteiger partial charge on any atom is -0.467 e. The van der Waals surface area contributed by atoms with Crippen molar-refractivity contribution in [2.75, 3.05) is 18.9 Å². The third kappa shape index (κ3) is 2.61. The van der Waals surface area contributed by atoms with Crippen molar-refractivity contribution >= 4 is 45.8 Å². The van der Waals surface area contributed by atoms with E-state index in [1.54, 1.807) is 31.4 Å². The van der Waals surface area contributed by atoms with Gasteiger partial charge in [0, 0.05) is 35.6 Å². The molecule has 3 aromatic rings. The molecule has 0 saturated carbocycles. The first-order valence-corrected chi connectivity index (χ1v) is 11.9. The summed E-state index contributed by atoms with van der Waals surface area (Å²) in [5.41, 5.74) is 0.119. The van der Waals surface area contributed by atoms with Gasteiger partial charge in [0.15, 0.2) is 5.54 Å². The number of thiocarbonyl (C=S) groups is 1. The number of benzene rings is 1. The zero-order valence-electron chi connectivity index (χ0n) is 18.0. The number of anilines is 1. The Morgan fingerprint density at radius 2 is 2.12 bits per heavy atom. The fourth-order valence-electron chi connectivity index (χ4n) is 5.63. The molecule has 2 saturated heterocycles. The van der Waals surface area contributed by atoms with E-state index in [0.717, 1.165) is 0 Å². The quantitative estimate of drug-likeness (QED) is 0.559. The standard InChI is InChI=1S/C24H19FN4O3S2/c1-28-13-17(18-6-2-3-9-26-18)24(21(31)29(22(33)34-24)12-15-5-4-10-32-15)23(28)16-11-14(25)7-8-19(16)27-20(23)30/h2-11,17H,12-13H2,1H3,(H,27,30)/t17-,23-,24-/m0/s1. The molecule has 2 fully saturated rings. The molecule has 3 aliphatic rings. The van der Waals surface area contributed by atoms with E-state index in [9.17, 15) is 14.0 Å². The van der Waals surface area contributed by atoms with Crippen LogP contribution in [0.5, 0.6) is 0 Å². The van der Waals surface area contributed by atoms with E-state index in [2.05, 4.69) is 10.3 Å². The number of thioether (sulfide) groups is 1. The molecular formula is C24H19FN4O3S2. The molecule has 1 aromatic carbocycles. The molecule has 0 radical (unpaired) electrons. The van der Waals surface area contributed by atoms with Gasteiger partial charge in [0.2, 0.25) is 5.91 Å². The maximum Gasteiger partial charge on any atom is 0.251 e. The number of amides is 2. The lowest BCUT2D eigenvalue weighted by molar-refractivity contribution is -0.138. The van der Waals surface area contributed by atoms with Crippen molar-refractivity contribution in [2.45, 2.75) is 22.7 Å². The molecule has 3 atom stereocenters. The van der Waals surface area contributed by atoms with Crippen LogP contribution in [-0.4, -0.2) is 49.3 Å². The molecule has 7 nitrogen and oxygen atoms in total. The predicted molar refractivity (Wildman–Crippen MR) is 128 cm³/mol. The minimum absolute atomic E-state index is 0.145. The second-order valence-electron chi connectivity index (χ2n) is 8.62. The van der Waals surface area contributed by atoms with Crippen LogP contribution < -0.4 is 5.32 Å². The molecule has 3 aliphatic heterocycles. The maximum atomic E-state index is 14.5. The summed E-state index contributed by atoms with van der Waals surface area (Å²) in [7, 11) is 1.79. The molecule has 0 unspecified atom stereocenters. The van der Waals surface area contributed by atoms with Crippen molar-refractivity contribution < 1.29 is 18.4 Å². The Hall–Kier alpha value is -3.08. The third-order valence-electron chi connectivity index (χ3n) is 6.98. The summed E-state index contributed by atoms with van der Waals surface area (Å²) in [5, 5.41) is 2.89. The molecule has 1 N–H and O–H groups in total. The number of pyridine rings is 1.